The van der Waals surface area contributed by atoms with Gasteiger partial charge in [-0.2, -0.15) is 5.10 Å². The van der Waals surface area contributed by atoms with Crippen LogP contribution in [0.25, 0.3) is 0 Å². The van der Waals surface area contributed by atoms with E-state index in [0.717, 1.165) is 5.56 Å². The van der Waals surface area contributed by atoms with Gasteiger partial charge in [-0.05, 0) is 36.0 Å². The zero-order valence-corrected chi connectivity index (χ0v) is 11.7. The van der Waals surface area contributed by atoms with E-state index in [4.69, 9.17) is 0 Å². The third-order valence-electron chi connectivity index (χ3n) is 4.40. The van der Waals surface area contributed by atoms with Gasteiger partial charge in [0.15, 0.2) is 0 Å². The maximum absolute atomic E-state index is 12.1. The smallest absolute Gasteiger partial charge is 0.266 e. The predicted molar refractivity (Wildman–Crippen MR) is 80.4 cm³/mol. The molecule has 1 saturated carbocycles. The molecule has 3 rings (SSSR count). The standard InChI is InChI=1S/C17H20N2O/c1-2-16(20)19-17(13-8-4-3-5-9-13)15-11-7-6-10-14(15)12-18-19/h2,6-7,10-13,17H,1,3-5,8-9H2. The van der Waals surface area contributed by atoms with Crippen molar-refractivity contribution < 1.29 is 4.79 Å². The van der Waals surface area contributed by atoms with Crippen LogP contribution in [0.4, 0.5) is 0 Å². The molecule has 2 aliphatic rings. The molecule has 1 aliphatic carbocycles. The van der Waals surface area contributed by atoms with Crippen LogP contribution in [0.1, 0.15) is 49.3 Å². The lowest BCUT2D eigenvalue weighted by molar-refractivity contribution is -0.130. The quantitative estimate of drug-likeness (QED) is 0.753. The summed E-state index contributed by atoms with van der Waals surface area (Å²) in [6.07, 6.45) is 9.32. The minimum Gasteiger partial charge on any atom is -0.268 e. The fraction of sp³-hybridized carbons (Fsp3) is 0.412. The van der Waals surface area contributed by atoms with Crippen molar-refractivity contribution in [2.24, 2.45) is 11.0 Å². The van der Waals surface area contributed by atoms with Crippen LogP contribution in [0.2, 0.25) is 0 Å². The van der Waals surface area contributed by atoms with Gasteiger partial charge in [0.2, 0.25) is 0 Å². The Morgan fingerprint density at radius 3 is 2.75 bits per heavy atom. The molecule has 1 atom stereocenters. The number of hydrazone groups is 1. The van der Waals surface area contributed by atoms with Crippen molar-refractivity contribution in [1.82, 2.24) is 5.01 Å². The normalized spacial score (nSPS) is 22.4. The molecular weight excluding hydrogens is 248 g/mol. The van der Waals surface area contributed by atoms with Crippen molar-refractivity contribution in [3.63, 3.8) is 0 Å². The minimum absolute atomic E-state index is 0.0713. The first-order chi connectivity index (χ1) is 9.81. The first-order valence-corrected chi connectivity index (χ1v) is 7.40. The van der Waals surface area contributed by atoms with Crippen molar-refractivity contribution in [2.45, 2.75) is 38.1 Å². The Morgan fingerprint density at radius 2 is 2.00 bits per heavy atom. The number of rotatable bonds is 2. The van der Waals surface area contributed by atoms with Gasteiger partial charge in [-0.25, -0.2) is 5.01 Å². The monoisotopic (exact) mass is 268 g/mol. The highest BCUT2D eigenvalue weighted by Crippen LogP contribution is 2.41. The Labute approximate surface area is 120 Å². The lowest BCUT2D eigenvalue weighted by Gasteiger charge is -2.38. The zero-order chi connectivity index (χ0) is 13.9. The average molecular weight is 268 g/mol. The molecule has 3 nitrogen and oxygen atoms in total. The molecule has 104 valence electrons. The summed E-state index contributed by atoms with van der Waals surface area (Å²) in [5.41, 5.74) is 2.36. The summed E-state index contributed by atoms with van der Waals surface area (Å²) in [4.78, 5) is 12.1. The summed E-state index contributed by atoms with van der Waals surface area (Å²) in [5, 5.41) is 6.02. The van der Waals surface area contributed by atoms with Gasteiger partial charge in [0.1, 0.15) is 0 Å². The summed E-state index contributed by atoms with van der Waals surface area (Å²) in [5.74, 6) is 0.401. The summed E-state index contributed by atoms with van der Waals surface area (Å²) >= 11 is 0. The van der Waals surface area contributed by atoms with Gasteiger partial charge in [-0.3, -0.25) is 4.79 Å². The highest BCUT2D eigenvalue weighted by molar-refractivity contribution is 5.91. The van der Waals surface area contributed by atoms with Crippen molar-refractivity contribution in [3.8, 4) is 0 Å². The molecule has 1 aromatic carbocycles. The number of amides is 1. The van der Waals surface area contributed by atoms with E-state index in [9.17, 15) is 4.79 Å². The number of hydrogen-bond acceptors (Lipinski definition) is 2. The van der Waals surface area contributed by atoms with Gasteiger partial charge in [0, 0.05) is 0 Å². The Balaban J connectivity index is 2.00. The van der Waals surface area contributed by atoms with E-state index < -0.39 is 0 Å². The third-order valence-corrected chi connectivity index (χ3v) is 4.40. The number of carbonyl (C=O) groups excluding carboxylic acids is 1. The van der Waals surface area contributed by atoms with Gasteiger partial charge < -0.3 is 0 Å². The number of benzene rings is 1. The molecule has 1 amide bonds. The Hall–Kier alpha value is -1.90. The Bertz CT molecular complexity index is 544. The fourth-order valence-electron chi connectivity index (χ4n) is 3.42. The van der Waals surface area contributed by atoms with Gasteiger partial charge >= 0.3 is 0 Å². The molecule has 3 heteroatoms. The van der Waals surface area contributed by atoms with E-state index in [1.54, 1.807) is 11.2 Å². The lowest BCUT2D eigenvalue weighted by atomic mass is 9.79. The molecule has 0 saturated heterocycles. The van der Waals surface area contributed by atoms with Crippen LogP contribution >= 0.6 is 0 Å². The van der Waals surface area contributed by atoms with Gasteiger partial charge in [0.05, 0.1) is 12.3 Å². The topological polar surface area (TPSA) is 32.7 Å². The van der Waals surface area contributed by atoms with Crippen molar-refractivity contribution >= 4 is 12.1 Å². The molecule has 0 bridgehead atoms. The zero-order valence-electron chi connectivity index (χ0n) is 11.7. The Kier molecular flexibility index (Phi) is 3.68. The Morgan fingerprint density at radius 1 is 1.25 bits per heavy atom. The summed E-state index contributed by atoms with van der Waals surface area (Å²) in [6.45, 7) is 3.61. The van der Waals surface area contributed by atoms with Crippen molar-refractivity contribution in [2.75, 3.05) is 0 Å². The maximum atomic E-state index is 12.1. The van der Waals surface area contributed by atoms with Gasteiger partial charge in [-0.1, -0.05) is 50.1 Å². The molecule has 1 fully saturated rings. The number of fused-ring (bicyclic) bond motifs is 1. The predicted octanol–water partition coefficient (Wildman–Crippen LogP) is 3.67. The van der Waals surface area contributed by atoms with E-state index in [2.05, 4.69) is 23.8 Å². The molecule has 1 aromatic rings. The largest absolute Gasteiger partial charge is 0.268 e. The molecule has 0 spiro atoms. The van der Waals surface area contributed by atoms with Crippen molar-refractivity contribution in [1.29, 1.82) is 0 Å². The van der Waals surface area contributed by atoms with E-state index >= 15 is 0 Å². The molecule has 1 heterocycles. The second-order valence-corrected chi connectivity index (χ2v) is 5.60. The second kappa shape index (κ2) is 5.61. The third kappa shape index (κ3) is 2.28. The van der Waals surface area contributed by atoms with E-state index in [-0.39, 0.29) is 11.9 Å². The lowest BCUT2D eigenvalue weighted by Crippen LogP contribution is -2.37. The van der Waals surface area contributed by atoms with Crippen LogP contribution in [-0.2, 0) is 4.79 Å². The van der Waals surface area contributed by atoms with Crippen LogP contribution < -0.4 is 0 Å². The molecule has 1 unspecified atom stereocenters. The van der Waals surface area contributed by atoms with E-state index in [1.807, 2.05) is 12.1 Å². The fourth-order valence-corrected chi connectivity index (χ4v) is 3.42. The van der Waals surface area contributed by atoms with Crippen LogP contribution in [0.15, 0.2) is 42.0 Å². The SMILES string of the molecule is C=CC(=O)N1N=Cc2ccccc2C1C1CCCCC1. The second-order valence-electron chi connectivity index (χ2n) is 5.60. The molecule has 0 radical (unpaired) electrons. The van der Waals surface area contributed by atoms with Crippen LogP contribution in [-0.4, -0.2) is 17.1 Å². The van der Waals surface area contributed by atoms with E-state index in [0.29, 0.717) is 5.92 Å². The molecule has 0 N–H and O–H groups in total. The van der Waals surface area contributed by atoms with E-state index in [1.165, 1.54) is 43.7 Å². The maximum Gasteiger partial charge on any atom is 0.266 e. The van der Waals surface area contributed by atoms with Crippen LogP contribution in [0, 0.1) is 5.92 Å². The molecule has 1 aliphatic heterocycles. The highest BCUT2D eigenvalue weighted by atomic mass is 16.2. The summed E-state index contributed by atoms with van der Waals surface area (Å²) in [7, 11) is 0. The minimum atomic E-state index is -0.105. The molecule has 20 heavy (non-hydrogen) atoms. The molecule has 0 aromatic heterocycles. The molecular formula is C17H20N2O. The van der Waals surface area contributed by atoms with Crippen molar-refractivity contribution in [3.05, 3.63) is 48.0 Å². The summed E-state index contributed by atoms with van der Waals surface area (Å²) in [6, 6.07) is 8.34. The number of hydrogen-bond donors (Lipinski definition) is 0. The summed E-state index contributed by atoms with van der Waals surface area (Å²) < 4.78 is 0. The van der Waals surface area contributed by atoms with Crippen LogP contribution in [0.3, 0.4) is 0 Å². The first kappa shape index (κ1) is 13.1. The first-order valence-electron chi connectivity index (χ1n) is 7.40. The van der Waals surface area contributed by atoms with Crippen LogP contribution in [0.5, 0.6) is 0 Å². The van der Waals surface area contributed by atoms with Gasteiger partial charge in [0.25, 0.3) is 5.91 Å². The number of carbonyl (C=O) groups is 1. The number of nitrogens with zero attached hydrogens (tertiary/aromatic N) is 2. The highest BCUT2D eigenvalue weighted by Gasteiger charge is 2.35. The average Bonchev–Trinajstić information content (AvgIpc) is 2.53. The van der Waals surface area contributed by atoms with Gasteiger partial charge in [-0.15, -0.1) is 0 Å².